The van der Waals surface area contributed by atoms with Gasteiger partial charge < -0.3 is 39.4 Å². The van der Waals surface area contributed by atoms with Gasteiger partial charge in [-0.2, -0.15) is 0 Å². The SMILES string of the molecule is CC[C@H]1O[C@@](O)([C@@H](C)[C@H](O)[C@H](C)[C@H]2OC(=O)/C(C)=C\C(C)=C/[C@@H](C)[C@@H](O)[C@@H](C)C/C(C)=C\C=C/[C@@H]2OC)C[C@@H](OC(=O)/C=C/C(=O)O)[C@H]1C. The molecule has 2 aliphatic heterocycles. The van der Waals surface area contributed by atoms with Crippen molar-refractivity contribution in [3.8, 4) is 0 Å². The zero-order valence-electron chi connectivity index (χ0n) is 30.7. The highest BCUT2D eigenvalue weighted by Crippen LogP contribution is 2.41. The average Bonchev–Trinajstić information content (AvgIpc) is 3.04. The van der Waals surface area contributed by atoms with E-state index in [9.17, 15) is 29.7 Å². The number of aliphatic hydroxyl groups is 3. The number of carboxylic acid groups (broad SMARTS) is 1. The molecule has 11 heteroatoms. The van der Waals surface area contributed by atoms with Gasteiger partial charge in [0, 0.05) is 54.9 Å². The van der Waals surface area contributed by atoms with Crippen LogP contribution in [0.4, 0.5) is 0 Å². The number of aliphatic hydroxyl groups excluding tert-OH is 2. The lowest BCUT2D eigenvalue weighted by atomic mass is 9.77. The Balaban J connectivity index is 2.48. The summed E-state index contributed by atoms with van der Waals surface area (Å²) in [6, 6.07) is 0. The number of cyclic esters (lactones) is 1. The number of carboxylic acids is 1. The van der Waals surface area contributed by atoms with E-state index < -0.39 is 72.2 Å². The molecule has 0 saturated carbocycles. The van der Waals surface area contributed by atoms with Crippen LogP contribution in [-0.4, -0.2) is 87.9 Å². The second-order valence-corrected chi connectivity index (χ2v) is 14.0. The molecule has 49 heavy (non-hydrogen) atoms. The number of allylic oxidation sites excluding steroid dienone is 5. The Bertz CT molecular complexity index is 1300. The van der Waals surface area contributed by atoms with Crippen LogP contribution in [0.25, 0.3) is 0 Å². The molecule has 11 nitrogen and oxygen atoms in total. The van der Waals surface area contributed by atoms with E-state index in [0.29, 0.717) is 24.5 Å². The predicted molar refractivity (Wildman–Crippen MR) is 185 cm³/mol. The van der Waals surface area contributed by atoms with Gasteiger partial charge in [0.1, 0.15) is 18.3 Å². The fourth-order valence-corrected chi connectivity index (χ4v) is 6.79. The first-order valence-corrected chi connectivity index (χ1v) is 17.2. The molecule has 1 fully saturated rings. The summed E-state index contributed by atoms with van der Waals surface area (Å²) in [5.41, 5.74) is 2.15. The third-order valence-corrected chi connectivity index (χ3v) is 9.91. The van der Waals surface area contributed by atoms with E-state index in [-0.39, 0.29) is 24.2 Å². The van der Waals surface area contributed by atoms with Crippen LogP contribution in [0, 0.1) is 29.6 Å². The summed E-state index contributed by atoms with van der Waals surface area (Å²) in [7, 11) is 1.48. The lowest BCUT2D eigenvalue weighted by molar-refractivity contribution is -0.323. The van der Waals surface area contributed by atoms with Crippen LogP contribution in [-0.2, 0) is 33.3 Å². The largest absolute Gasteiger partial charge is 0.478 e. The van der Waals surface area contributed by atoms with Crippen LogP contribution in [0.15, 0.2) is 59.3 Å². The Labute approximate surface area is 291 Å². The standard InChI is InChI=1S/C38H58O11/c1-11-29-26(7)31(47-33(41)16-15-32(39)40)20-38(45,49-29)28(9)35(43)27(8)36-30(46-10)14-12-13-21(2)17-23(4)34(42)24(5)18-22(3)19-25(6)37(44)48-36/h12-16,18-19,23-24,26-31,34-36,42-43,45H,11,17,20H2,1-10H3,(H,39,40)/b14-12-,16-15+,21-13-,22-18-,25-19-/t23-,24+,26-,27-,28-,29+,30-,31+,34-,35+,36+,38+/m0/s1. The monoisotopic (exact) mass is 690 g/mol. The van der Waals surface area contributed by atoms with E-state index in [4.69, 9.17) is 24.1 Å². The average molecular weight is 691 g/mol. The first-order chi connectivity index (χ1) is 22.8. The molecular formula is C38H58O11. The third kappa shape index (κ3) is 11.7. The fraction of sp³-hybridized carbons (Fsp3) is 0.658. The molecule has 1 saturated heterocycles. The molecule has 0 unspecified atom stereocenters. The summed E-state index contributed by atoms with van der Waals surface area (Å²) < 4.78 is 23.6. The molecular weight excluding hydrogens is 632 g/mol. The van der Waals surface area contributed by atoms with Crippen LogP contribution in [0.3, 0.4) is 0 Å². The molecule has 0 aromatic rings. The van der Waals surface area contributed by atoms with E-state index >= 15 is 0 Å². The van der Waals surface area contributed by atoms with Crippen molar-refractivity contribution in [1.29, 1.82) is 0 Å². The van der Waals surface area contributed by atoms with Gasteiger partial charge in [0.25, 0.3) is 0 Å². The first-order valence-electron chi connectivity index (χ1n) is 17.2. The maximum absolute atomic E-state index is 13.5. The molecule has 2 aliphatic rings. The highest BCUT2D eigenvalue weighted by molar-refractivity contribution is 5.90. The predicted octanol–water partition coefficient (Wildman–Crippen LogP) is 5.05. The van der Waals surface area contributed by atoms with Crippen LogP contribution in [0.1, 0.15) is 81.6 Å². The van der Waals surface area contributed by atoms with Gasteiger partial charge in [0.15, 0.2) is 5.79 Å². The number of rotatable bonds is 9. The number of carbonyl (C=O) groups excluding carboxylic acids is 2. The quantitative estimate of drug-likeness (QED) is 0.189. The summed E-state index contributed by atoms with van der Waals surface area (Å²) in [4.78, 5) is 36.8. The Hall–Kier alpha value is -3.09. The van der Waals surface area contributed by atoms with Gasteiger partial charge in [-0.3, -0.25) is 0 Å². The van der Waals surface area contributed by atoms with Gasteiger partial charge in [0.05, 0.1) is 18.3 Å². The minimum atomic E-state index is -1.95. The van der Waals surface area contributed by atoms with Crippen LogP contribution in [0.2, 0.25) is 0 Å². The van der Waals surface area contributed by atoms with Crippen molar-refractivity contribution < 1.29 is 53.8 Å². The van der Waals surface area contributed by atoms with Crippen molar-refractivity contribution in [2.75, 3.05) is 7.11 Å². The summed E-state index contributed by atoms with van der Waals surface area (Å²) in [5, 5.41) is 43.5. The summed E-state index contributed by atoms with van der Waals surface area (Å²) in [5.74, 6) is -6.97. The van der Waals surface area contributed by atoms with Crippen molar-refractivity contribution in [3.05, 3.63) is 59.3 Å². The molecule has 2 heterocycles. The molecule has 0 aliphatic carbocycles. The highest BCUT2D eigenvalue weighted by Gasteiger charge is 2.52. The topological polar surface area (TPSA) is 169 Å². The lowest BCUT2D eigenvalue weighted by Crippen LogP contribution is -2.58. The molecule has 276 valence electrons. The lowest BCUT2D eigenvalue weighted by Gasteiger charge is -2.49. The van der Waals surface area contributed by atoms with Crippen molar-refractivity contribution in [1.82, 2.24) is 0 Å². The molecule has 0 bridgehead atoms. The number of ether oxygens (including phenoxy) is 4. The second-order valence-electron chi connectivity index (χ2n) is 14.0. The summed E-state index contributed by atoms with van der Waals surface area (Å²) >= 11 is 0. The number of carbonyl (C=O) groups is 3. The Morgan fingerprint density at radius 2 is 1.80 bits per heavy atom. The number of esters is 2. The van der Waals surface area contributed by atoms with Gasteiger partial charge >= 0.3 is 17.9 Å². The third-order valence-electron chi connectivity index (χ3n) is 9.91. The molecule has 0 amide bonds. The molecule has 4 N–H and O–H groups in total. The summed E-state index contributed by atoms with van der Waals surface area (Å²) in [6.45, 7) is 16.4. The van der Waals surface area contributed by atoms with Crippen molar-refractivity contribution in [2.24, 2.45) is 29.6 Å². The van der Waals surface area contributed by atoms with Crippen LogP contribution < -0.4 is 0 Å². The van der Waals surface area contributed by atoms with E-state index in [1.807, 2.05) is 53.7 Å². The summed E-state index contributed by atoms with van der Waals surface area (Å²) in [6.07, 6.45) is 6.52. The maximum atomic E-state index is 13.5. The fourth-order valence-electron chi connectivity index (χ4n) is 6.79. The molecule has 12 atom stereocenters. The first kappa shape index (κ1) is 42.1. The van der Waals surface area contributed by atoms with Crippen molar-refractivity contribution in [3.63, 3.8) is 0 Å². The van der Waals surface area contributed by atoms with Crippen LogP contribution >= 0.6 is 0 Å². The Morgan fingerprint density at radius 1 is 1.14 bits per heavy atom. The number of methoxy groups -OCH3 is 1. The highest BCUT2D eigenvalue weighted by atomic mass is 16.6. The van der Waals surface area contributed by atoms with Gasteiger partial charge in [0.2, 0.25) is 0 Å². The smallest absolute Gasteiger partial charge is 0.334 e. The van der Waals surface area contributed by atoms with E-state index in [1.165, 1.54) is 7.11 Å². The Kier molecular flexibility index (Phi) is 16.1. The zero-order valence-corrected chi connectivity index (χ0v) is 30.7. The number of hydrogen-bond donors (Lipinski definition) is 4. The molecule has 2 rings (SSSR count). The van der Waals surface area contributed by atoms with Gasteiger partial charge in [-0.25, -0.2) is 14.4 Å². The van der Waals surface area contributed by atoms with Crippen molar-refractivity contribution in [2.45, 2.75) is 124 Å². The van der Waals surface area contributed by atoms with Crippen LogP contribution in [0.5, 0.6) is 0 Å². The van der Waals surface area contributed by atoms with E-state index in [0.717, 1.165) is 17.2 Å². The molecule has 0 radical (unpaired) electrons. The molecule has 0 aromatic heterocycles. The second kappa shape index (κ2) is 18.8. The van der Waals surface area contributed by atoms with E-state index in [2.05, 4.69) is 0 Å². The zero-order chi connectivity index (χ0) is 37.2. The molecule has 0 aromatic carbocycles. The Morgan fingerprint density at radius 3 is 2.39 bits per heavy atom. The van der Waals surface area contributed by atoms with Gasteiger partial charge in [-0.05, 0) is 45.6 Å². The number of hydrogen-bond acceptors (Lipinski definition) is 10. The minimum absolute atomic E-state index is 0.0123. The van der Waals surface area contributed by atoms with Gasteiger partial charge in [-0.1, -0.05) is 77.0 Å². The number of aliphatic carboxylic acids is 1. The van der Waals surface area contributed by atoms with Gasteiger partial charge in [-0.15, -0.1) is 0 Å². The normalized spacial score (nSPS) is 38.1. The maximum Gasteiger partial charge on any atom is 0.334 e. The van der Waals surface area contributed by atoms with E-state index in [1.54, 1.807) is 39.0 Å². The molecule has 0 spiro atoms. The van der Waals surface area contributed by atoms with Crippen molar-refractivity contribution >= 4 is 17.9 Å². The minimum Gasteiger partial charge on any atom is -0.478 e.